The highest BCUT2D eigenvalue weighted by atomic mass is 32.2. The van der Waals surface area contributed by atoms with E-state index < -0.39 is 10.0 Å². The smallest absolute Gasteiger partial charge is 0.240 e. The van der Waals surface area contributed by atoms with E-state index in [1.165, 1.54) is 11.3 Å². The second kappa shape index (κ2) is 7.13. The Labute approximate surface area is 129 Å². The molecule has 0 amide bonds. The van der Waals surface area contributed by atoms with Gasteiger partial charge in [0, 0.05) is 11.1 Å². The lowest BCUT2D eigenvalue weighted by Crippen LogP contribution is -2.23. The van der Waals surface area contributed by atoms with Crippen molar-refractivity contribution in [1.29, 1.82) is 0 Å². The summed E-state index contributed by atoms with van der Waals surface area (Å²) in [5.74, 6) is 0. The third-order valence-corrected chi connectivity index (χ3v) is 5.32. The van der Waals surface area contributed by atoms with Crippen molar-refractivity contribution in [2.75, 3.05) is 6.54 Å². The lowest BCUT2D eigenvalue weighted by atomic mass is 10.1. The Kier molecular flexibility index (Phi) is 5.46. The first kappa shape index (κ1) is 16.1. The maximum Gasteiger partial charge on any atom is 0.240 e. The fraction of sp³-hybridized carbons (Fsp3) is 0.357. The van der Waals surface area contributed by atoms with Gasteiger partial charge in [-0.25, -0.2) is 18.1 Å². The highest BCUT2D eigenvalue weighted by Crippen LogP contribution is 2.14. The van der Waals surface area contributed by atoms with Gasteiger partial charge in [-0.2, -0.15) is 0 Å². The molecular weight excluding hydrogens is 306 g/mol. The van der Waals surface area contributed by atoms with Crippen molar-refractivity contribution in [3.05, 3.63) is 45.9 Å². The van der Waals surface area contributed by atoms with Crippen LogP contribution in [0.2, 0.25) is 0 Å². The molecule has 0 saturated heterocycles. The summed E-state index contributed by atoms with van der Waals surface area (Å²) >= 11 is 1.49. The van der Waals surface area contributed by atoms with E-state index in [4.69, 9.17) is 5.73 Å². The van der Waals surface area contributed by atoms with Gasteiger partial charge in [0.25, 0.3) is 0 Å². The number of nitrogens with one attached hydrogen (secondary N) is 1. The summed E-state index contributed by atoms with van der Waals surface area (Å²) in [5.41, 5.74) is 6.55. The van der Waals surface area contributed by atoms with Crippen LogP contribution in [0.3, 0.4) is 0 Å². The summed E-state index contributed by atoms with van der Waals surface area (Å²) in [7, 11) is -3.49. The van der Waals surface area contributed by atoms with Crippen molar-refractivity contribution in [2.45, 2.75) is 31.2 Å². The average molecular weight is 325 g/mol. The fourth-order valence-corrected chi connectivity index (χ4v) is 3.67. The average Bonchev–Trinajstić information content (AvgIpc) is 2.89. The van der Waals surface area contributed by atoms with Crippen LogP contribution in [-0.2, 0) is 23.0 Å². The summed E-state index contributed by atoms with van der Waals surface area (Å²) in [6, 6.07) is 6.91. The van der Waals surface area contributed by atoms with E-state index in [0.29, 0.717) is 6.54 Å². The SMILES string of the molecule is Cc1cnc(CNS(=O)(=O)c2ccc(CCCN)cc2)s1. The molecule has 0 bridgehead atoms. The van der Waals surface area contributed by atoms with Gasteiger partial charge in [0.15, 0.2) is 0 Å². The number of nitrogens with two attached hydrogens (primary N) is 1. The summed E-state index contributed by atoms with van der Waals surface area (Å²) in [6.07, 6.45) is 3.50. The molecule has 0 spiro atoms. The molecule has 0 saturated carbocycles. The van der Waals surface area contributed by atoms with Crippen LogP contribution in [0.25, 0.3) is 0 Å². The second-order valence-electron chi connectivity index (χ2n) is 4.73. The predicted molar refractivity (Wildman–Crippen MR) is 84.7 cm³/mol. The van der Waals surface area contributed by atoms with Crippen LogP contribution in [-0.4, -0.2) is 19.9 Å². The minimum atomic E-state index is -3.49. The van der Waals surface area contributed by atoms with Crippen LogP contribution in [0.15, 0.2) is 35.4 Å². The van der Waals surface area contributed by atoms with Crippen molar-refractivity contribution in [1.82, 2.24) is 9.71 Å². The van der Waals surface area contributed by atoms with Crippen molar-refractivity contribution in [2.24, 2.45) is 5.73 Å². The van der Waals surface area contributed by atoms with E-state index >= 15 is 0 Å². The minimum Gasteiger partial charge on any atom is -0.330 e. The molecule has 1 aromatic carbocycles. The molecule has 21 heavy (non-hydrogen) atoms. The highest BCUT2D eigenvalue weighted by molar-refractivity contribution is 7.89. The molecule has 3 N–H and O–H groups in total. The molecule has 2 aromatic rings. The summed E-state index contributed by atoms with van der Waals surface area (Å²) in [5, 5.41) is 0.760. The Hall–Kier alpha value is -1.28. The Balaban J connectivity index is 2.01. The molecule has 0 atom stereocenters. The number of aromatic nitrogens is 1. The Morgan fingerprint density at radius 1 is 1.29 bits per heavy atom. The molecule has 1 heterocycles. The predicted octanol–water partition coefficient (Wildman–Crippen LogP) is 1.82. The van der Waals surface area contributed by atoms with Crippen LogP contribution in [0.4, 0.5) is 0 Å². The molecule has 1 aromatic heterocycles. The molecule has 0 aliphatic carbocycles. The third kappa shape index (κ3) is 4.60. The molecule has 0 aliphatic heterocycles. The monoisotopic (exact) mass is 325 g/mol. The van der Waals surface area contributed by atoms with Crippen LogP contribution < -0.4 is 10.5 Å². The standard InChI is InChI=1S/C14H19N3O2S2/c1-11-9-16-14(20-11)10-17-21(18,19)13-6-4-12(5-7-13)3-2-8-15/h4-7,9,17H,2-3,8,10,15H2,1H3. The van der Waals surface area contributed by atoms with E-state index in [-0.39, 0.29) is 11.4 Å². The third-order valence-electron chi connectivity index (χ3n) is 2.99. The maximum atomic E-state index is 12.2. The van der Waals surface area contributed by atoms with Gasteiger partial charge in [-0.05, 0) is 44.0 Å². The molecule has 114 valence electrons. The van der Waals surface area contributed by atoms with Gasteiger partial charge in [-0.3, -0.25) is 0 Å². The molecular formula is C14H19N3O2S2. The number of aryl methyl sites for hydroxylation is 2. The van der Waals surface area contributed by atoms with Crippen molar-refractivity contribution in [3.63, 3.8) is 0 Å². The Morgan fingerprint density at radius 2 is 2.00 bits per heavy atom. The van der Waals surface area contributed by atoms with E-state index in [2.05, 4.69) is 9.71 Å². The number of thiazole rings is 1. The van der Waals surface area contributed by atoms with Gasteiger partial charge in [0.05, 0.1) is 11.4 Å². The second-order valence-corrected chi connectivity index (χ2v) is 7.81. The van der Waals surface area contributed by atoms with E-state index in [1.54, 1.807) is 18.3 Å². The first-order valence-electron chi connectivity index (χ1n) is 6.71. The molecule has 7 heteroatoms. The van der Waals surface area contributed by atoms with Gasteiger partial charge in [-0.1, -0.05) is 12.1 Å². The van der Waals surface area contributed by atoms with Crippen molar-refractivity contribution < 1.29 is 8.42 Å². The molecule has 5 nitrogen and oxygen atoms in total. The Bertz CT molecular complexity index is 678. The molecule has 0 radical (unpaired) electrons. The highest BCUT2D eigenvalue weighted by Gasteiger charge is 2.14. The number of nitrogens with zero attached hydrogens (tertiary/aromatic N) is 1. The zero-order chi connectivity index (χ0) is 15.3. The van der Waals surface area contributed by atoms with Gasteiger partial charge >= 0.3 is 0 Å². The van der Waals surface area contributed by atoms with Crippen LogP contribution in [0, 0.1) is 6.92 Å². The summed E-state index contributed by atoms with van der Waals surface area (Å²) in [4.78, 5) is 5.47. The number of rotatable bonds is 7. The van der Waals surface area contributed by atoms with Crippen molar-refractivity contribution >= 4 is 21.4 Å². The first-order valence-corrected chi connectivity index (χ1v) is 9.01. The Morgan fingerprint density at radius 3 is 2.57 bits per heavy atom. The lowest BCUT2D eigenvalue weighted by Gasteiger charge is -2.06. The summed E-state index contributed by atoms with van der Waals surface area (Å²) < 4.78 is 26.9. The number of hydrogen-bond acceptors (Lipinski definition) is 5. The van der Waals surface area contributed by atoms with Crippen LogP contribution >= 0.6 is 11.3 Å². The van der Waals surface area contributed by atoms with Crippen LogP contribution in [0.5, 0.6) is 0 Å². The largest absolute Gasteiger partial charge is 0.330 e. The number of hydrogen-bond donors (Lipinski definition) is 2. The lowest BCUT2D eigenvalue weighted by molar-refractivity contribution is 0.581. The quantitative estimate of drug-likeness (QED) is 0.813. The van der Waals surface area contributed by atoms with Crippen molar-refractivity contribution in [3.8, 4) is 0 Å². The molecule has 0 fully saturated rings. The summed E-state index contributed by atoms with van der Waals surface area (Å²) in [6.45, 7) is 2.79. The number of sulfonamides is 1. The first-order chi connectivity index (χ1) is 10.0. The molecule has 0 aliphatic rings. The maximum absolute atomic E-state index is 12.2. The topological polar surface area (TPSA) is 85.1 Å². The van der Waals surface area contributed by atoms with Gasteiger partial charge in [0.2, 0.25) is 10.0 Å². The molecule has 0 unspecified atom stereocenters. The van der Waals surface area contributed by atoms with Crippen LogP contribution in [0.1, 0.15) is 21.9 Å². The zero-order valence-corrected chi connectivity index (χ0v) is 13.5. The van der Waals surface area contributed by atoms with E-state index in [1.807, 2.05) is 19.1 Å². The van der Waals surface area contributed by atoms with E-state index in [9.17, 15) is 8.42 Å². The van der Waals surface area contributed by atoms with Gasteiger partial charge < -0.3 is 5.73 Å². The number of benzene rings is 1. The zero-order valence-electron chi connectivity index (χ0n) is 11.9. The van der Waals surface area contributed by atoms with Gasteiger partial charge in [0.1, 0.15) is 5.01 Å². The van der Waals surface area contributed by atoms with E-state index in [0.717, 1.165) is 28.3 Å². The minimum absolute atomic E-state index is 0.218. The molecule has 2 rings (SSSR count). The van der Waals surface area contributed by atoms with Gasteiger partial charge in [-0.15, -0.1) is 11.3 Å². The normalized spacial score (nSPS) is 11.7. The fourth-order valence-electron chi connectivity index (χ4n) is 1.86.